The van der Waals surface area contributed by atoms with Crippen LogP contribution in [-0.4, -0.2) is 18.8 Å². The van der Waals surface area contributed by atoms with E-state index in [1.165, 1.54) is 11.0 Å². The van der Waals surface area contributed by atoms with Gasteiger partial charge in [-0.2, -0.15) is 0 Å². The molecule has 1 atom stereocenters. The van der Waals surface area contributed by atoms with Gasteiger partial charge in [-0.3, -0.25) is 0 Å². The first kappa shape index (κ1) is 16.8. The Morgan fingerprint density at radius 2 is 2.05 bits per heavy atom. The molecule has 0 fully saturated rings. The molecule has 0 saturated heterocycles. The van der Waals surface area contributed by atoms with Crippen molar-refractivity contribution in [1.82, 2.24) is 5.32 Å². The van der Waals surface area contributed by atoms with E-state index in [2.05, 4.69) is 27.3 Å². The molecule has 0 aromatic heterocycles. The Morgan fingerprint density at radius 1 is 1.29 bits per heavy atom. The van der Waals surface area contributed by atoms with Crippen LogP contribution in [0, 0.1) is 5.82 Å². The molecule has 0 aliphatic heterocycles. The monoisotopic (exact) mass is 387 g/mol. The van der Waals surface area contributed by atoms with E-state index in [9.17, 15) is 4.39 Å². The van der Waals surface area contributed by atoms with Gasteiger partial charge in [0.15, 0.2) is 0 Å². The van der Waals surface area contributed by atoms with Crippen LogP contribution in [0.2, 0.25) is 5.02 Å². The van der Waals surface area contributed by atoms with Crippen molar-refractivity contribution in [1.29, 1.82) is 0 Å². The maximum absolute atomic E-state index is 13.8. The van der Waals surface area contributed by atoms with Gasteiger partial charge in [0.2, 0.25) is 0 Å². The minimum Gasteiger partial charge on any atom is -0.316 e. The molecule has 0 spiro atoms. The van der Waals surface area contributed by atoms with Gasteiger partial charge in [-0.05, 0) is 59.2 Å². The summed E-state index contributed by atoms with van der Waals surface area (Å²) in [5, 5.41) is 3.68. The molecule has 2 aromatic rings. The van der Waals surface area contributed by atoms with Crippen molar-refractivity contribution < 1.29 is 4.39 Å². The largest absolute Gasteiger partial charge is 0.316 e. The Bertz CT molecular complexity index is 609. The van der Waals surface area contributed by atoms with Crippen LogP contribution in [0.5, 0.6) is 0 Å². The fourth-order valence-electron chi connectivity index (χ4n) is 1.95. The second kappa shape index (κ2) is 8.18. The first-order valence-corrected chi connectivity index (χ1v) is 8.74. The number of rotatable bonds is 6. The van der Waals surface area contributed by atoms with E-state index in [0.717, 1.165) is 10.2 Å². The molecular formula is C16H16BrClFNS. The summed E-state index contributed by atoms with van der Waals surface area (Å²) in [5.41, 5.74) is 0.687. The van der Waals surface area contributed by atoms with Gasteiger partial charge in [-0.15, -0.1) is 11.8 Å². The number of hydrogen-bond acceptors (Lipinski definition) is 2. The Labute approximate surface area is 142 Å². The predicted octanol–water partition coefficient (Wildman–Crippen LogP) is 5.16. The lowest BCUT2D eigenvalue weighted by Crippen LogP contribution is -2.30. The lowest BCUT2D eigenvalue weighted by atomic mass is 10.1. The van der Waals surface area contributed by atoms with Crippen molar-refractivity contribution in [3.63, 3.8) is 0 Å². The molecule has 0 saturated carbocycles. The van der Waals surface area contributed by atoms with Crippen LogP contribution in [0.4, 0.5) is 4.39 Å². The SMILES string of the molecule is CNC(CSc1ccccc1Br)Cc1ccc(Cl)cc1F. The minimum atomic E-state index is -0.242. The number of hydrogen-bond donors (Lipinski definition) is 1. The Morgan fingerprint density at radius 3 is 2.71 bits per heavy atom. The highest BCUT2D eigenvalue weighted by Gasteiger charge is 2.12. The summed E-state index contributed by atoms with van der Waals surface area (Å²) < 4.78 is 14.9. The second-order valence-corrected chi connectivity index (χ2v) is 7.02. The van der Waals surface area contributed by atoms with Crippen molar-refractivity contribution in [3.8, 4) is 0 Å². The molecule has 0 amide bonds. The van der Waals surface area contributed by atoms with E-state index in [4.69, 9.17) is 11.6 Å². The number of benzene rings is 2. The molecule has 0 bridgehead atoms. The van der Waals surface area contributed by atoms with E-state index in [1.807, 2.05) is 25.2 Å². The predicted molar refractivity (Wildman–Crippen MR) is 92.8 cm³/mol. The zero-order valence-electron chi connectivity index (χ0n) is 11.6. The van der Waals surface area contributed by atoms with Gasteiger partial charge in [0.25, 0.3) is 0 Å². The van der Waals surface area contributed by atoms with E-state index in [-0.39, 0.29) is 11.9 Å². The Hall–Kier alpha value is -0.550. The second-order valence-electron chi connectivity index (χ2n) is 4.67. The maximum Gasteiger partial charge on any atom is 0.127 e. The van der Waals surface area contributed by atoms with E-state index in [0.29, 0.717) is 17.0 Å². The quantitative estimate of drug-likeness (QED) is 0.686. The molecule has 2 rings (SSSR count). The van der Waals surface area contributed by atoms with Gasteiger partial charge in [-0.1, -0.05) is 29.8 Å². The molecule has 0 heterocycles. The molecule has 21 heavy (non-hydrogen) atoms. The van der Waals surface area contributed by atoms with Crippen molar-refractivity contribution in [2.24, 2.45) is 0 Å². The highest BCUT2D eigenvalue weighted by Crippen LogP contribution is 2.28. The summed E-state index contributed by atoms with van der Waals surface area (Å²) in [6.45, 7) is 0. The lowest BCUT2D eigenvalue weighted by molar-refractivity contribution is 0.568. The number of likely N-dealkylation sites (N-methyl/N-ethyl adjacent to an activating group) is 1. The third-order valence-corrected chi connectivity index (χ3v) is 5.59. The first-order valence-electron chi connectivity index (χ1n) is 6.58. The fourth-order valence-corrected chi connectivity index (χ4v) is 3.78. The average Bonchev–Trinajstić information content (AvgIpc) is 2.47. The van der Waals surface area contributed by atoms with Gasteiger partial charge in [0.1, 0.15) is 5.82 Å². The van der Waals surface area contributed by atoms with Gasteiger partial charge in [0, 0.05) is 26.2 Å². The molecule has 1 unspecified atom stereocenters. The molecule has 112 valence electrons. The smallest absolute Gasteiger partial charge is 0.127 e. The molecule has 0 aliphatic rings. The van der Waals surface area contributed by atoms with E-state index < -0.39 is 0 Å². The molecule has 0 aliphatic carbocycles. The molecule has 2 aromatic carbocycles. The summed E-state index contributed by atoms with van der Waals surface area (Å²) in [5.74, 6) is 0.620. The summed E-state index contributed by atoms with van der Waals surface area (Å²) >= 11 is 11.1. The minimum absolute atomic E-state index is 0.192. The van der Waals surface area contributed by atoms with Crippen LogP contribution < -0.4 is 5.32 Å². The molecule has 0 radical (unpaired) electrons. The first-order chi connectivity index (χ1) is 10.1. The standard InChI is InChI=1S/C16H16BrClFNS/c1-20-13(8-11-6-7-12(18)9-15(11)19)10-21-16-5-3-2-4-14(16)17/h2-7,9,13,20H,8,10H2,1H3. The maximum atomic E-state index is 13.8. The molecule has 1 nitrogen and oxygen atoms in total. The normalized spacial score (nSPS) is 12.4. The highest BCUT2D eigenvalue weighted by atomic mass is 79.9. The Kier molecular flexibility index (Phi) is 6.55. The molecular weight excluding hydrogens is 373 g/mol. The summed E-state index contributed by atoms with van der Waals surface area (Å²) in [7, 11) is 1.90. The van der Waals surface area contributed by atoms with Gasteiger partial charge >= 0.3 is 0 Å². The van der Waals surface area contributed by atoms with Crippen LogP contribution >= 0.6 is 39.3 Å². The van der Waals surface area contributed by atoms with Crippen molar-refractivity contribution >= 4 is 39.3 Å². The van der Waals surface area contributed by atoms with Crippen molar-refractivity contribution in [2.75, 3.05) is 12.8 Å². The van der Waals surface area contributed by atoms with Crippen LogP contribution in [0.15, 0.2) is 51.8 Å². The third kappa shape index (κ3) is 4.99. The highest BCUT2D eigenvalue weighted by molar-refractivity contribution is 9.10. The number of nitrogens with one attached hydrogen (secondary N) is 1. The molecule has 1 N–H and O–H groups in total. The van der Waals surface area contributed by atoms with Gasteiger partial charge in [0.05, 0.1) is 0 Å². The van der Waals surface area contributed by atoms with Gasteiger partial charge in [-0.25, -0.2) is 4.39 Å². The van der Waals surface area contributed by atoms with Crippen molar-refractivity contribution in [3.05, 3.63) is 63.3 Å². The number of thioether (sulfide) groups is 1. The summed E-state index contributed by atoms with van der Waals surface area (Å²) in [6, 6.07) is 13.1. The average molecular weight is 389 g/mol. The van der Waals surface area contributed by atoms with Crippen molar-refractivity contribution in [2.45, 2.75) is 17.4 Å². The van der Waals surface area contributed by atoms with Crippen LogP contribution in [0.1, 0.15) is 5.56 Å². The fraction of sp³-hybridized carbons (Fsp3) is 0.250. The number of halogens is 3. The topological polar surface area (TPSA) is 12.0 Å². The Balaban J connectivity index is 1.99. The third-order valence-electron chi connectivity index (χ3n) is 3.17. The van der Waals surface area contributed by atoms with Gasteiger partial charge < -0.3 is 5.32 Å². The van der Waals surface area contributed by atoms with Crippen LogP contribution in [0.25, 0.3) is 0 Å². The summed E-state index contributed by atoms with van der Waals surface area (Å²) in [6.07, 6.45) is 0.636. The van der Waals surface area contributed by atoms with Crippen LogP contribution in [-0.2, 0) is 6.42 Å². The van der Waals surface area contributed by atoms with Crippen LogP contribution in [0.3, 0.4) is 0 Å². The zero-order chi connectivity index (χ0) is 15.2. The zero-order valence-corrected chi connectivity index (χ0v) is 14.7. The van der Waals surface area contributed by atoms with E-state index in [1.54, 1.807) is 23.9 Å². The lowest BCUT2D eigenvalue weighted by Gasteiger charge is -2.17. The molecule has 5 heteroatoms. The summed E-state index contributed by atoms with van der Waals surface area (Å²) in [4.78, 5) is 1.19. The van der Waals surface area contributed by atoms with E-state index >= 15 is 0 Å².